The summed E-state index contributed by atoms with van der Waals surface area (Å²) in [5, 5.41) is 0. The van der Waals surface area contributed by atoms with E-state index in [4.69, 9.17) is 0 Å². The first-order chi connectivity index (χ1) is 13.0. The van der Waals surface area contributed by atoms with Crippen LogP contribution in [-0.4, -0.2) is 57.3 Å². The Morgan fingerprint density at radius 3 is 2.67 bits per heavy atom. The first-order valence-corrected chi connectivity index (χ1v) is 9.24. The van der Waals surface area contributed by atoms with Crippen LogP contribution in [0.1, 0.15) is 39.4 Å². The van der Waals surface area contributed by atoms with Crippen molar-refractivity contribution in [2.24, 2.45) is 5.92 Å². The van der Waals surface area contributed by atoms with Gasteiger partial charge >= 0.3 is 0 Å². The highest BCUT2D eigenvalue weighted by Gasteiger charge is 2.39. The molecule has 5 heterocycles. The highest BCUT2D eigenvalue weighted by Crippen LogP contribution is 2.29. The minimum atomic E-state index is -0.360. The number of fused-ring (bicyclic) bond motifs is 4. The Labute approximate surface area is 157 Å². The predicted octanol–water partition coefficient (Wildman–Crippen LogP) is 1.46. The molecular weight excluding hydrogens is 344 g/mol. The first-order valence-electron chi connectivity index (χ1n) is 9.24. The minimum Gasteiger partial charge on any atom is -0.335 e. The number of aromatic amines is 1. The zero-order valence-electron chi connectivity index (χ0n) is 15.2. The number of aromatic nitrogens is 2. The summed E-state index contributed by atoms with van der Waals surface area (Å²) in [6, 6.07) is 8.54. The second-order valence-corrected chi connectivity index (χ2v) is 7.36. The Morgan fingerprint density at radius 2 is 1.93 bits per heavy atom. The van der Waals surface area contributed by atoms with Gasteiger partial charge in [0.1, 0.15) is 11.3 Å². The van der Waals surface area contributed by atoms with E-state index in [1.54, 1.807) is 53.3 Å². The van der Waals surface area contributed by atoms with Crippen LogP contribution in [-0.2, 0) is 0 Å². The van der Waals surface area contributed by atoms with Gasteiger partial charge in [-0.2, -0.15) is 0 Å². The van der Waals surface area contributed by atoms with Gasteiger partial charge in [-0.25, -0.2) is 0 Å². The normalized spacial score (nSPS) is 21.8. The number of hydrogen-bond donors (Lipinski definition) is 1. The SMILES string of the molecule is Cc1ccc(C(=O)N2C[C@H]3CC[C@@H]2CN(C(=O)c2ccccn2)C3)c(=O)[nH]1. The van der Waals surface area contributed by atoms with Crippen molar-refractivity contribution in [3.05, 3.63) is 63.8 Å². The molecule has 0 unspecified atom stereocenters. The van der Waals surface area contributed by atoms with Crippen molar-refractivity contribution in [3.63, 3.8) is 0 Å². The average Bonchev–Trinajstić information content (AvgIpc) is 2.99. The maximum absolute atomic E-state index is 13.0. The zero-order chi connectivity index (χ0) is 19.0. The summed E-state index contributed by atoms with van der Waals surface area (Å²) in [4.78, 5) is 48.5. The summed E-state index contributed by atoms with van der Waals surface area (Å²) in [5.41, 5.74) is 0.949. The second-order valence-electron chi connectivity index (χ2n) is 7.36. The number of pyridine rings is 2. The fraction of sp³-hybridized carbons (Fsp3) is 0.400. The van der Waals surface area contributed by atoms with Gasteiger partial charge in [-0.05, 0) is 49.9 Å². The van der Waals surface area contributed by atoms with Crippen molar-refractivity contribution in [2.75, 3.05) is 19.6 Å². The molecule has 140 valence electrons. The van der Waals surface area contributed by atoms with Gasteiger partial charge in [0.15, 0.2) is 0 Å². The van der Waals surface area contributed by atoms with E-state index in [-0.39, 0.29) is 34.9 Å². The molecule has 2 amide bonds. The molecule has 0 saturated carbocycles. The quantitative estimate of drug-likeness (QED) is 0.872. The van der Waals surface area contributed by atoms with E-state index in [2.05, 4.69) is 9.97 Å². The van der Waals surface area contributed by atoms with Crippen LogP contribution < -0.4 is 5.56 Å². The van der Waals surface area contributed by atoms with Gasteiger partial charge in [0.2, 0.25) is 0 Å². The minimum absolute atomic E-state index is 0.0791. The second kappa shape index (κ2) is 6.98. The highest BCUT2D eigenvalue weighted by molar-refractivity contribution is 5.95. The van der Waals surface area contributed by atoms with Crippen molar-refractivity contribution < 1.29 is 9.59 Å². The number of hydrogen-bond acceptors (Lipinski definition) is 4. The molecule has 2 aromatic heterocycles. The van der Waals surface area contributed by atoms with E-state index in [0.717, 1.165) is 18.5 Å². The highest BCUT2D eigenvalue weighted by atomic mass is 16.2. The van der Waals surface area contributed by atoms with E-state index < -0.39 is 0 Å². The van der Waals surface area contributed by atoms with Gasteiger partial charge in [-0.15, -0.1) is 0 Å². The molecule has 0 aliphatic carbocycles. The molecular formula is C20H22N4O3. The monoisotopic (exact) mass is 366 g/mol. The lowest BCUT2D eigenvalue weighted by molar-refractivity contribution is 0.0572. The van der Waals surface area contributed by atoms with Crippen molar-refractivity contribution >= 4 is 11.8 Å². The average molecular weight is 366 g/mol. The Morgan fingerprint density at radius 1 is 1.07 bits per heavy atom. The number of H-pyrrole nitrogens is 1. The van der Waals surface area contributed by atoms with Crippen molar-refractivity contribution in [1.82, 2.24) is 19.8 Å². The topological polar surface area (TPSA) is 86.4 Å². The van der Waals surface area contributed by atoms with Gasteiger partial charge in [0.25, 0.3) is 17.4 Å². The maximum atomic E-state index is 13.0. The largest absolute Gasteiger partial charge is 0.335 e. The van der Waals surface area contributed by atoms with Crippen LogP contribution in [0, 0.1) is 12.8 Å². The predicted molar refractivity (Wildman–Crippen MR) is 99.5 cm³/mol. The summed E-state index contributed by atoms with van der Waals surface area (Å²) in [5.74, 6) is -0.141. The molecule has 2 aromatic rings. The molecule has 1 N–H and O–H groups in total. The van der Waals surface area contributed by atoms with Gasteiger partial charge in [0, 0.05) is 37.6 Å². The standard InChI is InChI=1S/C20H22N4O3/c1-13-5-8-16(18(25)22-13)19(26)24-11-14-6-7-15(24)12-23(10-14)20(27)17-4-2-3-9-21-17/h2-5,8-9,14-15H,6-7,10-12H2,1H3,(H,22,25)/t14-,15+/m0/s1. The maximum Gasteiger partial charge on any atom is 0.272 e. The van der Waals surface area contributed by atoms with Crippen molar-refractivity contribution in [2.45, 2.75) is 25.8 Å². The zero-order valence-corrected chi connectivity index (χ0v) is 15.2. The van der Waals surface area contributed by atoms with Crippen LogP contribution >= 0.6 is 0 Å². The molecule has 2 bridgehead atoms. The van der Waals surface area contributed by atoms with Gasteiger partial charge in [0.05, 0.1) is 0 Å². The molecule has 3 saturated heterocycles. The molecule has 27 heavy (non-hydrogen) atoms. The first kappa shape index (κ1) is 17.5. The van der Waals surface area contributed by atoms with Crippen molar-refractivity contribution in [1.29, 1.82) is 0 Å². The number of rotatable bonds is 2. The molecule has 3 aliphatic heterocycles. The third kappa shape index (κ3) is 3.37. The molecule has 0 aromatic carbocycles. The third-order valence-corrected chi connectivity index (χ3v) is 5.43. The number of nitrogens with one attached hydrogen (secondary N) is 1. The van der Waals surface area contributed by atoms with Crippen LogP contribution in [0.4, 0.5) is 0 Å². The Balaban J connectivity index is 1.57. The molecule has 7 heteroatoms. The molecule has 7 nitrogen and oxygen atoms in total. The Kier molecular flexibility index (Phi) is 4.51. The summed E-state index contributed by atoms with van der Waals surface area (Å²) in [6.07, 6.45) is 3.43. The van der Waals surface area contributed by atoms with Crippen molar-refractivity contribution in [3.8, 4) is 0 Å². The van der Waals surface area contributed by atoms with Crippen LogP contribution in [0.2, 0.25) is 0 Å². The van der Waals surface area contributed by atoms with E-state index in [0.29, 0.717) is 25.3 Å². The molecule has 0 spiro atoms. The number of carbonyl (C=O) groups excluding carboxylic acids is 2. The molecule has 0 radical (unpaired) electrons. The Bertz CT molecular complexity index is 924. The number of aryl methyl sites for hydroxylation is 1. The lowest BCUT2D eigenvalue weighted by Crippen LogP contribution is -2.48. The molecule has 2 atom stereocenters. The summed E-state index contributed by atoms with van der Waals surface area (Å²) < 4.78 is 0. The van der Waals surface area contributed by atoms with Crippen LogP contribution in [0.25, 0.3) is 0 Å². The molecule has 3 aliphatic rings. The van der Waals surface area contributed by atoms with E-state index >= 15 is 0 Å². The van der Waals surface area contributed by atoms with E-state index in [1.165, 1.54) is 0 Å². The lowest BCUT2D eigenvalue weighted by Gasteiger charge is -2.35. The van der Waals surface area contributed by atoms with Gasteiger partial charge < -0.3 is 14.8 Å². The summed E-state index contributed by atoms with van der Waals surface area (Å²) in [6.45, 7) is 3.44. The number of carbonyl (C=O) groups is 2. The fourth-order valence-electron chi connectivity index (χ4n) is 4.04. The van der Waals surface area contributed by atoms with Crippen LogP contribution in [0.5, 0.6) is 0 Å². The lowest BCUT2D eigenvalue weighted by atomic mass is 9.94. The number of amides is 2. The number of piperidine rings is 1. The van der Waals surface area contributed by atoms with E-state index in [9.17, 15) is 14.4 Å². The van der Waals surface area contributed by atoms with E-state index in [1.807, 2.05) is 0 Å². The molecule has 5 rings (SSSR count). The summed E-state index contributed by atoms with van der Waals surface area (Å²) in [7, 11) is 0. The number of nitrogens with zero attached hydrogens (tertiary/aromatic N) is 3. The van der Waals surface area contributed by atoms with Crippen LogP contribution in [0.3, 0.4) is 0 Å². The Hall–Kier alpha value is -2.96. The van der Waals surface area contributed by atoms with Gasteiger partial charge in [-0.3, -0.25) is 19.4 Å². The fourth-order valence-corrected chi connectivity index (χ4v) is 4.04. The molecule has 3 fully saturated rings. The van der Waals surface area contributed by atoms with Crippen LogP contribution in [0.15, 0.2) is 41.3 Å². The smallest absolute Gasteiger partial charge is 0.272 e. The summed E-state index contributed by atoms with van der Waals surface area (Å²) >= 11 is 0. The third-order valence-electron chi connectivity index (χ3n) is 5.43. The van der Waals surface area contributed by atoms with Gasteiger partial charge in [-0.1, -0.05) is 6.07 Å².